The molecular formula is C12H15NO2S. The third-order valence-electron chi connectivity index (χ3n) is 2.11. The van der Waals surface area contributed by atoms with E-state index in [2.05, 4.69) is 5.32 Å². The van der Waals surface area contributed by atoms with Crippen molar-refractivity contribution in [2.75, 3.05) is 12.8 Å². The second-order valence-corrected chi connectivity index (χ2v) is 4.48. The van der Waals surface area contributed by atoms with Crippen molar-refractivity contribution in [2.24, 2.45) is 0 Å². The van der Waals surface area contributed by atoms with E-state index in [9.17, 15) is 9.59 Å². The molecule has 0 aliphatic rings. The fraction of sp³-hybridized carbons (Fsp3) is 0.333. The molecule has 86 valence electrons. The van der Waals surface area contributed by atoms with Crippen molar-refractivity contribution in [3.8, 4) is 0 Å². The summed E-state index contributed by atoms with van der Waals surface area (Å²) in [6, 6.07) is 7.45. The second-order valence-electron chi connectivity index (χ2n) is 3.31. The lowest BCUT2D eigenvalue weighted by Gasteiger charge is -2.01. The molecule has 0 fully saturated rings. The summed E-state index contributed by atoms with van der Waals surface area (Å²) in [6.07, 6.45) is 2.26. The number of hydrogen-bond donors (Lipinski definition) is 1. The molecule has 4 heteroatoms. The van der Waals surface area contributed by atoms with Gasteiger partial charge >= 0.3 is 0 Å². The molecule has 0 aromatic heterocycles. The van der Waals surface area contributed by atoms with Crippen molar-refractivity contribution < 1.29 is 9.59 Å². The van der Waals surface area contributed by atoms with E-state index >= 15 is 0 Å². The van der Waals surface area contributed by atoms with E-state index in [0.717, 1.165) is 23.4 Å². The number of benzene rings is 1. The molecule has 3 nitrogen and oxygen atoms in total. The van der Waals surface area contributed by atoms with Gasteiger partial charge in [0.2, 0.25) is 5.91 Å². The molecule has 0 saturated carbocycles. The smallest absolute Gasteiger partial charge is 0.219 e. The maximum absolute atomic E-state index is 10.9. The molecule has 0 unspecified atom stereocenters. The fourth-order valence-corrected chi connectivity index (χ4v) is 2.04. The minimum atomic E-state index is 0.0805. The number of carbonyl (C=O) groups excluding carboxylic acids is 2. The number of aldehydes is 1. The van der Waals surface area contributed by atoms with Crippen LogP contribution in [0.5, 0.6) is 0 Å². The van der Waals surface area contributed by atoms with E-state index in [1.165, 1.54) is 0 Å². The maximum atomic E-state index is 10.9. The Morgan fingerprint density at radius 2 is 2.06 bits per heavy atom. The summed E-state index contributed by atoms with van der Waals surface area (Å²) in [4.78, 5) is 22.5. The average molecular weight is 237 g/mol. The summed E-state index contributed by atoms with van der Waals surface area (Å²) in [6.45, 7) is 0. The molecule has 0 radical (unpaired) electrons. The third kappa shape index (κ3) is 4.49. The molecule has 0 atom stereocenters. The molecule has 0 saturated heterocycles. The van der Waals surface area contributed by atoms with Gasteiger partial charge in [0.05, 0.1) is 0 Å². The number of rotatable bonds is 6. The van der Waals surface area contributed by atoms with Gasteiger partial charge in [0.1, 0.15) is 6.29 Å². The van der Waals surface area contributed by atoms with Crippen molar-refractivity contribution in [1.29, 1.82) is 0 Å². The minimum absolute atomic E-state index is 0.0805. The predicted molar refractivity (Wildman–Crippen MR) is 65.9 cm³/mol. The number of amides is 1. The Morgan fingerprint density at radius 3 is 2.62 bits per heavy atom. The number of carbonyl (C=O) groups is 2. The second kappa shape index (κ2) is 7.06. The lowest BCUT2D eigenvalue weighted by molar-refractivity contribution is -0.120. The molecule has 0 aliphatic carbocycles. The lowest BCUT2D eigenvalue weighted by Crippen LogP contribution is -2.17. The summed E-state index contributed by atoms with van der Waals surface area (Å²) >= 11 is 1.70. The van der Waals surface area contributed by atoms with Crippen LogP contribution in [-0.2, 0) is 4.79 Å². The van der Waals surface area contributed by atoms with Gasteiger partial charge in [-0.3, -0.25) is 9.59 Å². The van der Waals surface area contributed by atoms with Crippen molar-refractivity contribution in [3.63, 3.8) is 0 Å². The number of nitrogens with one attached hydrogen (secondary N) is 1. The van der Waals surface area contributed by atoms with Gasteiger partial charge in [0.15, 0.2) is 0 Å². The monoisotopic (exact) mass is 237 g/mol. The Kier molecular flexibility index (Phi) is 5.64. The zero-order valence-corrected chi connectivity index (χ0v) is 10.0. The van der Waals surface area contributed by atoms with Crippen molar-refractivity contribution >= 4 is 24.0 Å². The highest BCUT2D eigenvalue weighted by Crippen LogP contribution is 2.19. The number of hydrogen-bond acceptors (Lipinski definition) is 3. The van der Waals surface area contributed by atoms with Crippen molar-refractivity contribution in [3.05, 3.63) is 29.8 Å². The molecule has 1 aromatic carbocycles. The van der Waals surface area contributed by atoms with Crippen LogP contribution in [-0.4, -0.2) is 25.0 Å². The van der Waals surface area contributed by atoms with E-state index in [0.29, 0.717) is 12.0 Å². The quantitative estimate of drug-likeness (QED) is 0.468. The molecule has 0 bridgehead atoms. The zero-order chi connectivity index (χ0) is 11.8. The largest absolute Gasteiger partial charge is 0.359 e. The number of thioether (sulfide) groups is 1. The molecule has 1 amide bonds. The highest BCUT2D eigenvalue weighted by Gasteiger charge is 1.98. The van der Waals surface area contributed by atoms with Gasteiger partial charge in [-0.05, 0) is 24.3 Å². The van der Waals surface area contributed by atoms with Gasteiger partial charge < -0.3 is 5.32 Å². The summed E-state index contributed by atoms with van der Waals surface area (Å²) < 4.78 is 0. The van der Waals surface area contributed by atoms with E-state index in [1.807, 2.05) is 12.1 Å². The van der Waals surface area contributed by atoms with Crippen molar-refractivity contribution in [2.45, 2.75) is 17.7 Å². The Morgan fingerprint density at radius 1 is 1.38 bits per heavy atom. The van der Waals surface area contributed by atoms with Crippen LogP contribution in [0.25, 0.3) is 0 Å². The van der Waals surface area contributed by atoms with Gasteiger partial charge in [0, 0.05) is 23.9 Å². The standard InChI is InChI=1S/C12H15NO2S/c1-13-12(15)3-2-8-16-11-6-4-10(9-14)5-7-11/h4-7,9H,2-3,8H2,1H3,(H,13,15). The summed E-state index contributed by atoms with van der Waals surface area (Å²) in [7, 11) is 1.65. The van der Waals surface area contributed by atoms with Crippen LogP contribution in [0.1, 0.15) is 23.2 Å². The van der Waals surface area contributed by atoms with Crippen LogP contribution < -0.4 is 5.32 Å². The maximum Gasteiger partial charge on any atom is 0.219 e. The van der Waals surface area contributed by atoms with Crippen LogP contribution in [0.4, 0.5) is 0 Å². The van der Waals surface area contributed by atoms with Gasteiger partial charge in [-0.25, -0.2) is 0 Å². The first kappa shape index (κ1) is 12.8. The SMILES string of the molecule is CNC(=O)CCCSc1ccc(C=O)cc1. The first-order valence-corrected chi connectivity index (χ1v) is 6.13. The summed E-state index contributed by atoms with van der Waals surface area (Å²) in [5.41, 5.74) is 0.690. The average Bonchev–Trinajstić information content (AvgIpc) is 2.35. The molecule has 0 aliphatic heterocycles. The molecular weight excluding hydrogens is 222 g/mol. The fourth-order valence-electron chi connectivity index (χ4n) is 1.19. The molecule has 1 rings (SSSR count). The Labute approximate surface area is 99.6 Å². The van der Waals surface area contributed by atoms with Crippen LogP contribution in [0, 0.1) is 0 Å². The Bertz CT molecular complexity index is 349. The van der Waals surface area contributed by atoms with Crippen LogP contribution in [0.15, 0.2) is 29.2 Å². The van der Waals surface area contributed by atoms with Crippen LogP contribution >= 0.6 is 11.8 Å². The summed E-state index contributed by atoms with van der Waals surface area (Å²) in [5, 5.41) is 2.59. The molecule has 1 N–H and O–H groups in total. The van der Waals surface area contributed by atoms with Gasteiger partial charge in [-0.1, -0.05) is 12.1 Å². The first-order valence-electron chi connectivity index (χ1n) is 5.15. The van der Waals surface area contributed by atoms with E-state index in [-0.39, 0.29) is 5.91 Å². The van der Waals surface area contributed by atoms with E-state index in [4.69, 9.17) is 0 Å². The minimum Gasteiger partial charge on any atom is -0.359 e. The van der Waals surface area contributed by atoms with Gasteiger partial charge in [0.25, 0.3) is 0 Å². The van der Waals surface area contributed by atoms with E-state index < -0.39 is 0 Å². The zero-order valence-electron chi connectivity index (χ0n) is 9.23. The highest BCUT2D eigenvalue weighted by molar-refractivity contribution is 7.99. The van der Waals surface area contributed by atoms with Gasteiger partial charge in [-0.15, -0.1) is 11.8 Å². The molecule has 1 aromatic rings. The predicted octanol–water partition coefficient (Wildman–Crippen LogP) is 2.12. The Hall–Kier alpha value is -1.29. The molecule has 0 spiro atoms. The highest BCUT2D eigenvalue weighted by atomic mass is 32.2. The lowest BCUT2D eigenvalue weighted by atomic mass is 10.2. The Balaban J connectivity index is 2.26. The van der Waals surface area contributed by atoms with Crippen LogP contribution in [0.3, 0.4) is 0 Å². The topological polar surface area (TPSA) is 46.2 Å². The molecule has 16 heavy (non-hydrogen) atoms. The summed E-state index contributed by atoms with van der Waals surface area (Å²) in [5.74, 6) is 0.991. The first-order chi connectivity index (χ1) is 7.76. The van der Waals surface area contributed by atoms with Crippen molar-refractivity contribution in [1.82, 2.24) is 5.32 Å². The third-order valence-corrected chi connectivity index (χ3v) is 3.21. The van der Waals surface area contributed by atoms with Gasteiger partial charge in [-0.2, -0.15) is 0 Å². The van der Waals surface area contributed by atoms with E-state index in [1.54, 1.807) is 30.9 Å². The molecule has 0 heterocycles. The normalized spacial score (nSPS) is 9.81. The van der Waals surface area contributed by atoms with Crippen LogP contribution in [0.2, 0.25) is 0 Å².